The van der Waals surface area contributed by atoms with Crippen molar-refractivity contribution >= 4 is 39.7 Å². The molecule has 3 N–H and O–H groups in total. The molecule has 3 amide bonds. The van der Waals surface area contributed by atoms with Gasteiger partial charge in [-0.25, -0.2) is 14.8 Å². The lowest BCUT2D eigenvalue weighted by atomic mass is 9.98. The number of nitrogens with zero attached hydrogens (tertiary/aromatic N) is 3. The first-order valence-electron chi connectivity index (χ1n) is 9.48. The van der Waals surface area contributed by atoms with Gasteiger partial charge in [0.2, 0.25) is 5.91 Å². The van der Waals surface area contributed by atoms with E-state index in [-0.39, 0.29) is 11.4 Å². The van der Waals surface area contributed by atoms with E-state index in [1.165, 1.54) is 21.1 Å². The number of fused-ring (bicyclic) bond motifs is 3. The monoisotopic (exact) mass is 419 g/mol. The Morgan fingerprint density at radius 3 is 2.64 bits per heavy atom. The number of amides is 3. The summed E-state index contributed by atoms with van der Waals surface area (Å²) in [6.45, 7) is 8.75. The van der Waals surface area contributed by atoms with Gasteiger partial charge in [-0.1, -0.05) is 32.1 Å². The Kier molecular flexibility index (Phi) is 4.50. The zero-order valence-electron chi connectivity index (χ0n) is 16.6. The summed E-state index contributed by atoms with van der Waals surface area (Å²) in [6.07, 6.45) is 3.13. The lowest BCUT2D eigenvalue weighted by Gasteiger charge is -2.31. The highest BCUT2D eigenvalue weighted by Crippen LogP contribution is 2.43. The summed E-state index contributed by atoms with van der Waals surface area (Å²) in [4.78, 5) is 38.0. The van der Waals surface area contributed by atoms with Gasteiger partial charge in [0, 0.05) is 16.8 Å². The summed E-state index contributed by atoms with van der Waals surface area (Å²) in [5.74, 6) is -0.472. The number of likely N-dealkylation sites (tertiary alicyclic amines) is 1. The molecule has 1 fully saturated rings. The Morgan fingerprint density at radius 1 is 1.21 bits per heavy atom. The third kappa shape index (κ3) is 3.10. The number of thiazole rings is 2. The number of hydrogen-bond acceptors (Lipinski definition) is 6. The van der Waals surface area contributed by atoms with Crippen molar-refractivity contribution in [3.05, 3.63) is 15.6 Å². The van der Waals surface area contributed by atoms with Gasteiger partial charge in [0.25, 0.3) is 0 Å². The van der Waals surface area contributed by atoms with Crippen molar-refractivity contribution in [3.63, 3.8) is 0 Å². The largest absolute Gasteiger partial charge is 0.368 e. The van der Waals surface area contributed by atoms with Crippen LogP contribution >= 0.6 is 22.7 Å². The predicted octanol–water partition coefficient (Wildman–Crippen LogP) is 3.53. The number of aryl methyl sites for hydroxylation is 2. The highest BCUT2D eigenvalue weighted by molar-refractivity contribution is 7.20. The van der Waals surface area contributed by atoms with Crippen LogP contribution in [0.15, 0.2) is 0 Å². The number of primary amides is 1. The van der Waals surface area contributed by atoms with Crippen LogP contribution in [0.3, 0.4) is 0 Å². The van der Waals surface area contributed by atoms with Crippen molar-refractivity contribution < 1.29 is 9.59 Å². The van der Waals surface area contributed by atoms with E-state index in [1.54, 1.807) is 18.3 Å². The highest BCUT2D eigenvalue weighted by atomic mass is 32.1. The summed E-state index contributed by atoms with van der Waals surface area (Å²) in [6, 6.07) is -0.321. The molecule has 0 spiro atoms. The Hall–Kier alpha value is -2.00. The second-order valence-electron chi connectivity index (χ2n) is 8.66. The van der Waals surface area contributed by atoms with E-state index in [0.717, 1.165) is 40.5 Å². The van der Waals surface area contributed by atoms with Gasteiger partial charge in [-0.2, -0.15) is 0 Å². The molecule has 0 aromatic carbocycles. The van der Waals surface area contributed by atoms with E-state index in [1.807, 2.05) is 0 Å². The van der Waals surface area contributed by atoms with Crippen LogP contribution in [0.5, 0.6) is 0 Å². The number of nitrogens with two attached hydrogens (primary N) is 1. The molecule has 1 saturated heterocycles. The maximum atomic E-state index is 12.8. The molecular weight excluding hydrogens is 394 g/mol. The molecule has 7 nitrogen and oxygen atoms in total. The van der Waals surface area contributed by atoms with Crippen molar-refractivity contribution in [1.82, 2.24) is 14.9 Å². The SMILES string of the molecule is CC(C)(C)c1nc2c(s1)CCc1nc(NC(=O)N3CCC[C@@]3(C)C(N)=O)sc1-2. The average Bonchev–Trinajstić information content (AvgIpc) is 3.28. The maximum Gasteiger partial charge on any atom is 0.324 e. The number of urea groups is 1. The van der Waals surface area contributed by atoms with Crippen LogP contribution in [-0.2, 0) is 23.1 Å². The third-order valence-corrected chi connectivity index (χ3v) is 8.03. The predicted molar refractivity (Wildman–Crippen MR) is 112 cm³/mol. The second-order valence-corrected chi connectivity index (χ2v) is 10.7. The van der Waals surface area contributed by atoms with Gasteiger partial charge in [0.1, 0.15) is 5.54 Å². The Bertz CT molecular complexity index is 958. The molecule has 1 aliphatic heterocycles. The standard InChI is InChI=1S/C19H25N5O2S2/c1-18(2,3)15-22-12-11(27-15)7-6-10-13(12)28-16(21-10)23-17(26)24-9-5-8-19(24,4)14(20)25/h5-9H2,1-4H3,(H2,20,25)(H,21,23,26)/t19-/m0/s1. The molecule has 150 valence electrons. The van der Waals surface area contributed by atoms with Gasteiger partial charge in [-0.3, -0.25) is 10.1 Å². The van der Waals surface area contributed by atoms with Crippen LogP contribution in [0, 0.1) is 0 Å². The summed E-state index contributed by atoms with van der Waals surface area (Å²) < 4.78 is 0. The normalized spacial score (nSPS) is 21.4. The number of rotatable bonds is 2. The van der Waals surface area contributed by atoms with Crippen molar-refractivity contribution in [2.24, 2.45) is 5.73 Å². The summed E-state index contributed by atoms with van der Waals surface area (Å²) in [5.41, 5.74) is 6.61. The van der Waals surface area contributed by atoms with Gasteiger partial charge < -0.3 is 10.6 Å². The minimum absolute atomic E-state index is 0.0128. The molecule has 2 aromatic rings. The van der Waals surface area contributed by atoms with Crippen LogP contribution < -0.4 is 11.1 Å². The smallest absolute Gasteiger partial charge is 0.324 e. The summed E-state index contributed by atoms with van der Waals surface area (Å²) in [5, 5.41) is 4.55. The molecule has 28 heavy (non-hydrogen) atoms. The molecule has 9 heteroatoms. The van der Waals surface area contributed by atoms with Gasteiger partial charge in [-0.15, -0.1) is 11.3 Å². The number of hydrogen-bond donors (Lipinski definition) is 2. The maximum absolute atomic E-state index is 12.8. The Morgan fingerprint density at radius 2 is 1.96 bits per heavy atom. The second kappa shape index (κ2) is 6.52. The fraction of sp³-hybridized carbons (Fsp3) is 0.579. The summed E-state index contributed by atoms with van der Waals surface area (Å²) in [7, 11) is 0. The van der Waals surface area contributed by atoms with Crippen molar-refractivity contribution in [1.29, 1.82) is 0 Å². The molecule has 1 atom stereocenters. The van der Waals surface area contributed by atoms with Crippen LogP contribution in [-0.4, -0.2) is 38.9 Å². The van der Waals surface area contributed by atoms with Crippen molar-refractivity contribution in [2.75, 3.05) is 11.9 Å². The Balaban J connectivity index is 1.59. The Labute approximate surface area is 172 Å². The van der Waals surface area contributed by atoms with Gasteiger partial charge in [0.05, 0.1) is 21.3 Å². The molecule has 2 aromatic heterocycles. The molecule has 3 heterocycles. The quantitative estimate of drug-likeness (QED) is 0.777. The van der Waals surface area contributed by atoms with Crippen LogP contribution in [0.4, 0.5) is 9.93 Å². The van der Waals surface area contributed by atoms with E-state index in [9.17, 15) is 9.59 Å². The number of aromatic nitrogens is 2. The molecule has 0 bridgehead atoms. The first-order chi connectivity index (χ1) is 13.1. The fourth-order valence-electron chi connectivity index (χ4n) is 3.71. The van der Waals surface area contributed by atoms with Crippen LogP contribution in [0.1, 0.15) is 56.1 Å². The van der Waals surface area contributed by atoms with E-state index in [4.69, 9.17) is 10.7 Å². The molecule has 1 aliphatic carbocycles. The van der Waals surface area contributed by atoms with E-state index >= 15 is 0 Å². The number of anilines is 1. The third-order valence-electron chi connectivity index (χ3n) is 5.47. The van der Waals surface area contributed by atoms with E-state index < -0.39 is 11.4 Å². The average molecular weight is 420 g/mol. The number of nitrogens with one attached hydrogen (secondary N) is 1. The molecule has 2 aliphatic rings. The van der Waals surface area contributed by atoms with Crippen molar-refractivity contribution in [3.8, 4) is 10.6 Å². The zero-order chi connectivity index (χ0) is 20.3. The van der Waals surface area contributed by atoms with E-state index in [0.29, 0.717) is 18.1 Å². The summed E-state index contributed by atoms with van der Waals surface area (Å²) >= 11 is 3.23. The first-order valence-corrected chi connectivity index (χ1v) is 11.1. The number of carbonyl (C=O) groups excluding carboxylic acids is 2. The minimum Gasteiger partial charge on any atom is -0.368 e. The number of carbonyl (C=O) groups is 2. The molecule has 0 saturated carbocycles. The first kappa shape index (κ1) is 19.3. The molecule has 0 radical (unpaired) electrons. The molecule has 0 unspecified atom stereocenters. The lowest BCUT2D eigenvalue weighted by molar-refractivity contribution is -0.126. The van der Waals surface area contributed by atoms with Gasteiger partial charge >= 0.3 is 6.03 Å². The topological polar surface area (TPSA) is 101 Å². The molecular formula is C19H25N5O2S2. The van der Waals surface area contributed by atoms with E-state index in [2.05, 4.69) is 31.1 Å². The van der Waals surface area contributed by atoms with Gasteiger partial charge in [-0.05, 0) is 32.6 Å². The minimum atomic E-state index is -0.940. The van der Waals surface area contributed by atoms with Crippen molar-refractivity contribution in [2.45, 2.75) is 64.3 Å². The van der Waals surface area contributed by atoms with Crippen LogP contribution in [0.2, 0.25) is 0 Å². The van der Waals surface area contributed by atoms with Crippen LogP contribution in [0.25, 0.3) is 10.6 Å². The molecule has 4 rings (SSSR count). The highest BCUT2D eigenvalue weighted by Gasteiger charge is 2.44. The lowest BCUT2D eigenvalue weighted by Crippen LogP contribution is -2.55. The zero-order valence-corrected chi connectivity index (χ0v) is 18.2. The van der Waals surface area contributed by atoms with Gasteiger partial charge in [0.15, 0.2) is 5.13 Å². The fourth-order valence-corrected chi connectivity index (χ4v) is 5.92.